The molecule has 2 N–H and O–H groups in total. The molecule has 194 valence electrons. The van der Waals surface area contributed by atoms with Crippen LogP contribution in [-0.4, -0.2) is 75.7 Å². The van der Waals surface area contributed by atoms with Crippen molar-refractivity contribution >= 4 is 45.2 Å². The minimum absolute atomic E-state index is 0.0643. The number of pyridine rings is 1. The van der Waals surface area contributed by atoms with E-state index >= 15 is 0 Å². The van der Waals surface area contributed by atoms with Gasteiger partial charge in [-0.2, -0.15) is 4.98 Å². The number of aromatic hydroxyl groups is 1. The van der Waals surface area contributed by atoms with E-state index in [2.05, 4.69) is 28.4 Å². The molecule has 5 rings (SSSR count). The summed E-state index contributed by atoms with van der Waals surface area (Å²) in [6.07, 6.45) is 1.90. The van der Waals surface area contributed by atoms with Crippen LogP contribution < -0.4 is 15.1 Å². The van der Waals surface area contributed by atoms with E-state index in [1.54, 1.807) is 11.5 Å². The summed E-state index contributed by atoms with van der Waals surface area (Å²) in [5, 5.41) is 17.4. The van der Waals surface area contributed by atoms with E-state index in [1.165, 1.54) is 0 Å². The lowest BCUT2D eigenvalue weighted by atomic mass is 10.1. The number of rotatable bonds is 6. The fourth-order valence-corrected chi connectivity index (χ4v) is 4.80. The maximum Gasteiger partial charge on any atom is 0.228 e. The van der Waals surface area contributed by atoms with Crippen molar-refractivity contribution < 1.29 is 9.90 Å². The normalized spacial score (nSPS) is 14.1. The molecule has 0 spiro atoms. The molecule has 0 bridgehead atoms. The number of amides is 1. The molecule has 10 nitrogen and oxygen atoms in total. The molecule has 4 heterocycles. The van der Waals surface area contributed by atoms with Gasteiger partial charge in [-0.15, -0.1) is 0 Å². The number of hydrogen-bond donors (Lipinski definition) is 2. The first-order valence-corrected chi connectivity index (χ1v) is 12.6. The van der Waals surface area contributed by atoms with Gasteiger partial charge < -0.3 is 29.7 Å². The molecule has 4 aromatic rings. The highest BCUT2D eigenvalue weighted by Crippen LogP contribution is 2.34. The molecule has 0 aliphatic carbocycles. The molecular weight excluding hydrogens is 468 g/mol. The van der Waals surface area contributed by atoms with Gasteiger partial charge in [0.1, 0.15) is 17.2 Å². The number of carbonyl (C=O) groups excluding carboxylic acids is 1. The minimum atomic E-state index is 0.0643. The smallest absolute Gasteiger partial charge is 0.228 e. The van der Waals surface area contributed by atoms with E-state index < -0.39 is 0 Å². The zero-order valence-corrected chi connectivity index (χ0v) is 22.1. The summed E-state index contributed by atoms with van der Waals surface area (Å²) in [4.78, 5) is 32.2. The third-order valence-corrected chi connectivity index (χ3v) is 6.86. The zero-order valence-electron chi connectivity index (χ0n) is 22.1. The van der Waals surface area contributed by atoms with Gasteiger partial charge in [0.15, 0.2) is 0 Å². The van der Waals surface area contributed by atoms with Crippen LogP contribution >= 0.6 is 0 Å². The molecule has 0 unspecified atom stereocenters. The number of hydrogen-bond acceptors (Lipinski definition) is 8. The monoisotopic (exact) mass is 502 g/mol. The van der Waals surface area contributed by atoms with E-state index in [0.717, 1.165) is 27.7 Å². The number of nitrogens with zero attached hydrogens (tertiary/aromatic N) is 7. The maximum absolute atomic E-state index is 11.8. The molecule has 1 amide bonds. The molecule has 3 aromatic heterocycles. The molecule has 0 atom stereocenters. The first kappa shape index (κ1) is 24.6. The average molecular weight is 503 g/mol. The van der Waals surface area contributed by atoms with E-state index in [9.17, 15) is 9.90 Å². The number of anilines is 3. The van der Waals surface area contributed by atoms with Crippen molar-refractivity contribution in [3.05, 3.63) is 42.2 Å². The second-order valence-corrected chi connectivity index (χ2v) is 9.99. The molecule has 37 heavy (non-hydrogen) atoms. The first-order chi connectivity index (χ1) is 17.7. The van der Waals surface area contributed by atoms with Gasteiger partial charge in [0.05, 0.1) is 17.6 Å². The van der Waals surface area contributed by atoms with Gasteiger partial charge in [-0.3, -0.25) is 4.79 Å². The Bertz CT molecular complexity index is 1450. The molecule has 1 aliphatic rings. The summed E-state index contributed by atoms with van der Waals surface area (Å²) in [7, 11) is 3.99. The Morgan fingerprint density at radius 2 is 1.81 bits per heavy atom. The molecular formula is C27H34N8O2. The van der Waals surface area contributed by atoms with Crippen molar-refractivity contribution in [3.63, 3.8) is 0 Å². The van der Waals surface area contributed by atoms with Gasteiger partial charge in [-0.25, -0.2) is 9.97 Å². The van der Waals surface area contributed by atoms with Crippen LogP contribution in [0.2, 0.25) is 0 Å². The van der Waals surface area contributed by atoms with Crippen molar-refractivity contribution in [1.29, 1.82) is 0 Å². The van der Waals surface area contributed by atoms with Gasteiger partial charge in [0.2, 0.25) is 17.7 Å². The van der Waals surface area contributed by atoms with Crippen molar-refractivity contribution in [3.8, 4) is 5.88 Å². The van der Waals surface area contributed by atoms with E-state index in [4.69, 9.17) is 15.0 Å². The fraction of sp³-hybridized carbons (Fsp3) is 0.407. The Balaban J connectivity index is 1.51. The number of fused-ring (bicyclic) bond motifs is 2. The van der Waals surface area contributed by atoms with Gasteiger partial charge in [-0.1, -0.05) is 24.3 Å². The molecule has 1 aliphatic heterocycles. The second kappa shape index (κ2) is 9.76. The van der Waals surface area contributed by atoms with Crippen LogP contribution in [0.1, 0.15) is 32.5 Å². The Kier molecular flexibility index (Phi) is 6.49. The molecule has 1 saturated heterocycles. The van der Waals surface area contributed by atoms with Crippen LogP contribution in [0.5, 0.6) is 5.88 Å². The van der Waals surface area contributed by atoms with E-state index in [-0.39, 0.29) is 17.8 Å². The predicted octanol–water partition coefficient (Wildman–Crippen LogP) is 3.61. The average Bonchev–Trinajstić information content (AvgIpc) is 3.23. The van der Waals surface area contributed by atoms with Crippen LogP contribution in [0.4, 0.5) is 17.6 Å². The van der Waals surface area contributed by atoms with Gasteiger partial charge in [0.25, 0.3) is 0 Å². The summed E-state index contributed by atoms with van der Waals surface area (Å²) in [6.45, 7) is 8.59. The second-order valence-electron chi connectivity index (χ2n) is 9.99. The van der Waals surface area contributed by atoms with Gasteiger partial charge in [-0.05, 0) is 25.3 Å². The predicted molar refractivity (Wildman–Crippen MR) is 147 cm³/mol. The lowest BCUT2D eigenvalue weighted by Crippen LogP contribution is -2.48. The summed E-state index contributed by atoms with van der Waals surface area (Å²) >= 11 is 0. The van der Waals surface area contributed by atoms with Crippen molar-refractivity contribution in [2.45, 2.75) is 33.4 Å². The summed E-state index contributed by atoms with van der Waals surface area (Å²) in [5.41, 5.74) is 1.40. The Hall–Kier alpha value is -4.08. The van der Waals surface area contributed by atoms with Crippen LogP contribution in [0.3, 0.4) is 0 Å². The molecule has 1 aromatic carbocycles. The molecule has 0 saturated carbocycles. The lowest BCUT2D eigenvalue weighted by Gasteiger charge is -2.34. The Morgan fingerprint density at radius 1 is 1.08 bits per heavy atom. The third kappa shape index (κ3) is 4.71. The van der Waals surface area contributed by atoms with Crippen LogP contribution in [0, 0.1) is 0 Å². The minimum Gasteiger partial charge on any atom is -0.493 e. The largest absolute Gasteiger partial charge is 0.493 e. The highest BCUT2D eigenvalue weighted by Gasteiger charge is 2.24. The first-order valence-electron chi connectivity index (χ1n) is 12.6. The van der Waals surface area contributed by atoms with Gasteiger partial charge in [0, 0.05) is 64.8 Å². The van der Waals surface area contributed by atoms with Crippen LogP contribution in [-0.2, 0) is 11.3 Å². The van der Waals surface area contributed by atoms with E-state index in [1.807, 2.05) is 56.1 Å². The third-order valence-electron chi connectivity index (χ3n) is 6.86. The van der Waals surface area contributed by atoms with Crippen LogP contribution in [0.15, 0.2) is 36.5 Å². The maximum atomic E-state index is 11.8. The van der Waals surface area contributed by atoms with Crippen LogP contribution in [0.25, 0.3) is 21.7 Å². The number of benzene rings is 1. The molecule has 1 fully saturated rings. The van der Waals surface area contributed by atoms with E-state index in [0.29, 0.717) is 50.0 Å². The quantitative estimate of drug-likeness (QED) is 0.412. The number of aromatic nitrogens is 4. The Morgan fingerprint density at radius 3 is 2.49 bits per heavy atom. The number of nitrogens with one attached hydrogen (secondary N) is 1. The highest BCUT2D eigenvalue weighted by molar-refractivity contribution is 5.94. The highest BCUT2D eigenvalue weighted by atomic mass is 16.3. The van der Waals surface area contributed by atoms with Crippen molar-refractivity contribution in [2.75, 3.05) is 55.4 Å². The Labute approximate surface area is 216 Å². The van der Waals surface area contributed by atoms with Crippen molar-refractivity contribution in [1.82, 2.24) is 24.4 Å². The topological polar surface area (TPSA) is 103 Å². The zero-order chi connectivity index (χ0) is 26.3. The standard InChI is InChI=1S/C27H34N8O2/c1-17(2)35-16-22-23(26(35)37)30-27(34-12-10-33(11-13-34)18(3)36)31-24(22)28-15-20-14-19-8-6-7-9-21(19)25(29-20)32(4)5/h6-9,14,16-17,37H,10-13,15H2,1-5H3,(H,28,30,31). The lowest BCUT2D eigenvalue weighted by molar-refractivity contribution is -0.129. The fourth-order valence-electron chi connectivity index (χ4n) is 4.80. The molecule has 10 heteroatoms. The number of piperazine rings is 1. The summed E-state index contributed by atoms with van der Waals surface area (Å²) < 4.78 is 1.81. The summed E-state index contributed by atoms with van der Waals surface area (Å²) in [5.74, 6) is 2.29. The van der Waals surface area contributed by atoms with Gasteiger partial charge >= 0.3 is 0 Å². The SMILES string of the molecule is CC(=O)N1CCN(c2nc(NCc3cc4ccccc4c(N(C)C)n3)c3cn(C(C)C)c(O)c3n2)CC1. The summed E-state index contributed by atoms with van der Waals surface area (Å²) in [6, 6.07) is 10.4. The number of carbonyl (C=O) groups is 1. The van der Waals surface area contributed by atoms with Crippen molar-refractivity contribution in [2.24, 2.45) is 0 Å². The molecule has 0 radical (unpaired) electrons.